The number of nitrogens with one attached hydrogen (secondary N) is 1. The number of aryl methyl sites for hydroxylation is 1. The van der Waals surface area contributed by atoms with E-state index < -0.39 is 0 Å². The minimum atomic E-state index is -0.0452. The van der Waals surface area contributed by atoms with E-state index in [0.29, 0.717) is 18.3 Å². The molecular weight excluding hydrogens is 298 g/mol. The minimum absolute atomic E-state index is 0.0452. The van der Waals surface area contributed by atoms with E-state index in [9.17, 15) is 4.79 Å². The summed E-state index contributed by atoms with van der Waals surface area (Å²) in [5, 5.41) is 6.80. The van der Waals surface area contributed by atoms with E-state index in [1.165, 1.54) is 23.8 Å². The molecule has 0 aliphatic heterocycles. The van der Waals surface area contributed by atoms with Crippen LogP contribution in [0.25, 0.3) is 22.2 Å². The molecule has 0 atom stereocenters. The third kappa shape index (κ3) is 3.23. The Balaban J connectivity index is 1.79. The monoisotopic (exact) mass is 313 g/mol. The van der Waals surface area contributed by atoms with Crippen molar-refractivity contribution < 1.29 is 9.32 Å². The Morgan fingerprint density at radius 2 is 2.00 bits per heavy atom. The smallest absolute Gasteiger partial charge is 0.258 e. The molecule has 2 heterocycles. The van der Waals surface area contributed by atoms with Crippen LogP contribution in [0.15, 0.2) is 40.9 Å². The molecule has 1 aromatic carbocycles. The van der Waals surface area contributed by atoms with Gasteiger partial charge in [-0.2, -0.15) is 4.98 Å². The zero-order valence-electron chi connectivity index (χ0n) is 12.3. The van der Waals surface area contributed by atoms with Crippen LogP contribution in [0, 0.1) is 6.92 Å². The van der Waals surface area contributed by atoms with Gasteiger partial charge in [-0.25, -0.2) is 0 Å². The van der Waals surface area contributed by atoms with E-state index >= 15 is 0 Å². The fraction of sp³-hybridized carbons (Fsp3) is 0.188. The van der Waals surface area contributed by atoms with Crippen molar-refractivity contribution in [3.05, 3.63) is 46.8 Å². The highest BCUT2D eigenvalue weighted by Gasteiger charge is 2.12. The van der Waals surface area contributed by atoms with Gasteiger partial charge >= 0.3 is 0 Å². The average Bonchev–Trinajstić information content (AvgIpc) is 3.15. The summed E-state index contributed by atoms with van der Waals surface area (Å²) < 4.78 is 5.33. The second-order valence-electron chi connectivity index (χ2n) is 4.96. The Labute approximate surface area is 132 Å². The maximum atomic E-state index is 10.9. The quantitative estimate of drug-likeness (QED) is 0.801. The van der Waals surface area contributed by atoms with Gasteiger partial charge in [0.25, 0.3) is 5.89 Å². The molecule has 6 heteroatoms. The number of rotatable bonds is 4. The molecular formula is C16H15N3O2S. The molecule has 0 aliphatic carbocycles. The number of nitrogens with zero attached hydrogens (tertiary/aromatic N) is 2. The molecule has 0 aliphatic rings. The minimum Gasteiger partial charge on any atom is -0.351 e. The highest BCUT2D eigenvalue weighted by atomic mass is 32.1. The topological polar surface area (TPSA) is 68.0 Å². The summed E-state index contributed by atoms with van der Waals surface area (Å²) in [6.07, 6.45) is 0. The van der Waals surface area contributed by atoms with Crippen molar-refractivity contribution in [2.45, 2.75) is 20.4 Å². The standard InChI is InChI=1S/C16H15N3O2S/c1-10-3-5-12(6-4-10)16-18-15(19-21-16)14-8-7-13(22-14)9-17-11(2)20/h3-8H,9H2,1-2H3,(H,17,20). The molecule has 3 aromatic rings. The Morgan fingerprint density at radius 1 is 1.23 bits per heavy atom. The summed E-state index contributed by atoms with van der Waals surface area (Å²) in [7, 11) is 0. The van der Waals surface area contributed by atoms with Gasteiger partial charge in [0.15, 0.2) is 0 Å². The maximum Gasteiger partial charge on any atom is 0.258 e. The van der Waals surface area contributed by atoms with Gasteiger partial charge in [0, 0.05) is 17.4 Å². The first-order valence-corrected chi connectivity index (χ1v) is 7.68. The largest absolute Gasteiger partial charge is 0.351 e. The molecule has 0 bridgehead atoms. The zero-order valence-corrected chi connectivity index (χ0v) is 13.1. The van der Waals surface area contributed by atoms with Crippen molar-refractivity contribution in [3.63, 3.8) is 0 Å². The van der Waals surface area contributed by atoms with Gasteiger partial charge in [-0.3, -0.25) is 4.79 Å². The summed E-state index contributed by atoms with van der Waals surface area (Å²) in [5.74, 6) is 1.03. The fourth-order valence-electron chi connectivity index (χ4n) is 1.94. The predicted octanol–water partition coefficient (Wildman–Crippen LogP) is 3.41. The number of aromatic nitrogens is 2. The van der Waals surface area contributed by atoms with Crippen molar-refractivity contribution in [3.8, 4) is 22.2 Å². The second kappa shape index (κ2) is 6.11. The Kier molecular flexibility index (Phi) is 4.02. The third-order valence-corrected chi connectivity index (χ3v) is 4.20. The molecule has 0 saturated heterocycles. The van der Waals surface area contributed by atoms with E-state index in [1.807, 2.05) is 43.3 Å². The van der Waals surface area contributed by atoms with Gasteiger partial charge in [0.2, 0.25) is 11.7 Å². The van der Waals surface area contributed by atoms with E-state index in [1.54, 1.807) is 0 Å². The number of hydrogen-bond acceptors (Lipinski definition) is 5. The number of hydrogen-bond donors (Lipinski definition) is 1. The molecule has 2 aromatic heterocycles. The van der Waals surface area contributed by atoms with E-state index in [4.69, 9.17) is 4.52 Å². The summed E-state index contributed by atoms with van der Waals surface area (Å²) in [6.45, 7) is 4.05. The molecule has 0 unspecified atom stereocenters. The molecule has 0 spiro atoms. The van der Waals surface area contributed by atoms with Crippen LogP contribution >= 0.6 is 11.3 Å². The summed E-state index contributed by atoms with van der Waals surface area (Å²) in [4.78, 5) is 17.3. The Bertz CT molecular complexity index is 790. The van der Waals surface area contributed by atoms with Crippen LogP contribution in [0.1, 0.15) is 17.4 Å². The van der Waals surface area contributed by atoms with Crippen LogP contribution in [0.2, 0.25) is 0 Å². The van der Waals surface area contributed by atoms with E-state index in [2.05, 4.69) is 15.5 Å². The van der Waals surface area contributed by atoms with Crippen molar-refractivity contribution in [2.75, 3.05) is 0 Å². The molecule has 112 valence electrons. The van der Waals surface area contributed by atoms with Crippen LogP contribution < -0.4 is 5.32 Å². The molecule has 0 saturated carbocycles. The molecule has 0 radical (unpaired) electrons. The molecule has 1 amide bonds. The SMILES string of the molecule is CC(=O)NCc1ccc(-c2noc(-c3ccc(C)cc3)n2)s1. The van der Waals surface area contributed by atoms with Crippen LogP contribution in [0.4, 0.5) is 0 Å². The van der Waals surface area contributed by atoms with Crippen molar-refractivity contribution in [1.29, 1.82) is 0 Å². The summed E-state index contributed by atoms with van der Waals surface area (Å²) in [6, 6.07) is 11.8. The van der Waals surface area contributed by atoms with Crippen LogP contribution in [0.3, 0.4) is 0 Å². The zero-order chi connectivity index (χ0) is 15.5. The van der Waals surface area contributed by atoms with Gasteiger partial charge < -0.3 is 9.84 Å². The number of carbonyl (C=O) groups is 1. The van der Waals surface area contributed by atoms with E-state index in [-0.39, 0.29) is 5.91 Å². The van der Waals surface area contributed by atoms with Gasteiger partial charge in [-0.1, -0.05) is 22.9 Å². The van der Waals surface area contributed by atoms with Gasteiger partial charge in [-0.05, 0) is 31.2 Å². The lowest BCUT2D eigenvalue weighted by Gasteiger charge is -1.96. The Morgan fingerprint density at radius 3 is 2.73 bits per heavy atom. The van der Waals surface area contributed by atoms with Gasteiger partial charge in [0.1, 0.15) is 0 Å². The van der Waals surface area contributed by atoms with Crippen molar-refractivity contribution >= 4 is 17.2 Å². The molecule has 5 nitrogen and oxygen atoms in total. The molecule has 0 fully saturated rings. The second-order valence-corrected chi connectivity index (χ2v) is 6.13. The lowest BCUT2D eigenvalue weighted by atomic mass is 10.1. The van der Waals surface area contributed by atoms with Crippen LogP contribution in [0.5, 0.6) is 0 Å². The number of benzene rings is 1. The maximum absolute atomic E-state index is 10.9. The fourth-order valence-corrected chi connectivity index (χ4v) is 2.81. The van der Waals surface area contributed by atoms with Gasteiger partial charge in [-0.15, -0.1) is 11.3 Å². The normalized spacial score (nSPS) is 10.6. The highest BCUT2D eigenvalue weighted by Crippen LogP contribution is 2.28. The highest BCUT2D eigenvalue weighted by molar-refractivity contribution is 7.15. The lowest BCUT2D eigenvalue weighted by molar-refractivity contribution is -0.119. The van der Waals surface area contributed by atoms with Crippen molar-refractivity contribution in [1.82, 2.24) is 15.5 Å². The van der Waals surface area contributed by atoms with E-state index in [0.717, 1.165) is 15.3 Å². The first-order valence-electron chi connectivity index (χ1n) is 6.86. The first-order chi connectivity index (χ1) is 10.6. The molecule has 3 rings (SSSR count). The number of carbonyl (C=O) groups excluding carboxylic acids is 1. The number of amides is 1. The third-order valence-electron chi connectivity index (χ3n) is 3.12. The average molecular weight is 313 g/mol. The molecule has 1 N–H and O–H groups in total. The summed E-state index contributed by atoms with van der Waals surface area (Å²) in [5.41, 5.74) is 2.09. The van der Waals surface area contributed by atoms with Crippen LogP contribution in [-0.4, -0.2) is 16.0 Å². The van der Waals surface area contributed by atoms with Crippen molar-refractivity contribution in [2.24, 2.45) is 0 Å². The molecule has 22 heavy (non-hydrogen) atoms. The first kappa shape index (κ1) is 14.5. The van der Waals surface area contributed by atoms with Crippen LogP contribution in [-0.2, 0) is 11.3 Å². The lowest BCUT2D eigenvalue weighted by Crippen LogP contribution is -2.17. The number of thiophene rings is 1. The van der Waals surface area contributed by atoms with Gasteiger partial charge in [0.05, 0.1) is 11.4 Å². The predicted molar refractivity (Wildman–Crippen MR) is 85.3 cm³/mol. The Hall–Kier alpha value is -2.47. The summed E-state index contributed by atoms with van der Waals surface area (Å²) >= 11 is 1.54.